The summed E-state index contributed by atoms with van der Waals surface area (Å²) in [5.41, 5.74) is 0. The zero-order chi connectivity index (χ0) is 29.6. The van der Waals surface area contributed by atoms with Crippen LogP contribution in [0.4, 0.5) is 0 Å². The molecule has 4 aromatic carbocycles. The molecule has 4 rings (SSSR count). The first-order chi connectivity index (χ1) is 17.9. The van der Waals surface area contributed by atoms with Gasteiger partial charge in [-0.3, -0.25) is 0 Å². The van der Waals surface area contributed by atoms with Crippen molar-refractivity contribution in [3.05, 3.63) is 97.1 Å². The standard InChI is InChI=1S/2C10H8.4C2H6.4CH4O/c2*1-2-6-10-8-4-3-7-9(10)5-1;8*1-2/h2*1-8H;4*1-2H3;4*2H,1H3. The van der Waals surface area contributed by atoms with Crippen molar-refractivity contribution in [2.24, 2.45) is 0 Å². The summed E-state index contributed by atoms with van der Waals surface area (Å²) in [6.45, 7) is 16.0. The second-order valence-corrected chi connectivity index (χ2v) is 4.69. The van der Waals surface area contributed by atoms with Crippen LogP contribution in [0.3, 0.4) is 0 Å². The highest BCUT2D eigenvalue weighted by molar-refractivity contribution is 5.82. The third-order valence-corrected chi connectivity index (χ3v) is 3.32. The van der Waals surface area contributed by atoms with Crippen molar-refractivity contribution in [3.63, 3.8) is 0 Å². The Morgan fingerprint density at radius 2 is 0.333 bits per heavy atom. The van der Waals surface area contributed by atoms with Gasteiger partial charge in [0, 0.05) is 28.4 Å². The van der Waals surface area contributed by atoms with Crippen LogP contribution in [0, 0.1) is 0 Å². The van der Waals surface area contributed by atoms with E-state index in [-0.39, 0.29) is 0 Å². The van der Waals surface area contributed by atoms with E-state index in [4.69, 9.17) is 20.4 Å². The molecule has 0 bridgehead atoms. The number of benzene rings is 4. The Hall–Kier alpha value is -2.76. The fourth-order valence-corrected chi connectivity index (χ4v) is 2.27. The summed E-state index contributed by atoms with van der Waals surface area (Å²) in [4.78, 5) is 0. The molecular formula is C32H56O4. The molecule has 0 aromatic heterocycles. The number of fused-ring (bicyclic) bond motifs is 2. The van der Waals surface area contributed by atoms with Gasteiger partial charge in [-0.1, -0.05) is 152 Å². The minimum Gasteiger partial charge on any atom is -0.400 e. The summed E-state index contributed by atoms with van der Waals surface area (Å²) in [6.07, 6.45) is 0. The van der Waals surface area contributed by atoms with Gasteiger partial charge >= 0.3 is 0 Å². The zero-order valence-electron chi connectivity index (χ0n) is 25.0. The van der Waals surface area contributed by atoms with Gasteiger partial charge in [0.15, 0.2) is 0 Å². The minimum absolute atomic E-state index is 1.00. The lowest BCUT2D eigenvalue weighted by atomic mass is 10.1. The second-order valence-electron chi connectivity index (χ2n) is 4.69. The Morgan fingerprint density at radius 1 is 0.250 bits per heavy atom. The van der Waals surface area contributed by atoms with E-state index < -0.39 is 0 Å². The summed E-state index contributed by atoms with van der Waals surface area (Å²) >= 11 is 0. The largest absolute Gasteiger partial charge is 0.400 e. The van der Waals surface area contributed by atoms with Crippen molar-refractivity contribution >= 4 is 21.5 Å². The third kappa shape index (κ3) is 25.9. The molecule has 4 heteroatoms. The van der Waals surface area contributed by atoms with Gasteiger partial charge in [0.1, 0.15) is 0 Å². The Morgan fingerprint density at radius 3 is 0.417 bits per heavy atom. The molecule has 0 aliphatic carbocycles. The lowest BCUT2D eigenvalue weighted by Crippen LogP contribution is -1.67. The molecule has 0 heterocycles. The van der Waals surface area contributed by atoms with Gasteiger partial charge < -0.3 is 20.4 Å². The van der Waals surface area contributed by atoms with E-state index in [0.717, 1.165) is 28.4 Å². The van der Waals surface area contributed by atoms with Crippen LogP contribution in [-0.2, 0) is 0 Å². The highest BCUT2D eigenvalue weighted by Gasteiger charge is 1.86. The molecule has 0 unspecified atom stereocenters. The number of aliphatic hydroxyl groups excluding tert-OH is 4. The SMILES string of the molecule is CC.CC.CC.CC.CO.CO.CO.CO.c1ccc2ccccc2c1.c1ccc2ccccc2c1. The molecule has 0 atom stereocenters. The average molecular weight is 505 g/mol. The summed E-state index contributed by atoms with van der Waals surface area (Å²) in [5, 5.41) is 33.2. The van der Waals surface area contributed by atoms with Crippen LogP contribution in [0.15, 0.2) is 97.1 Å². The molecule has 4 nitrogen and oxygen atoms in total. The Balaban J connectivity index is -0.0000000811. The Labute approximate surface area is 222 Å². The maximum absolute atomic E-state index is 7.00. The molecule has 4 aromatic rings. The van der Waals surface area contributed by atoms with E-state index in [1.165, 1.54) is 21.5 Å². The van der Waals surface area contributed by atoms with Gasteiger partial charge in [0.05, 0.1) is 0 Å². The molecule has 0 saturated heterocycles. The summed E-state index contributed by atoms with van der Waals surface area (Å²) < 4.78 is 0. The summed E-state index contributed by atoms with van der Waals surface area (Å²) in [5.74, 6) is 0. The first-order valence-electron chi connectivity index (χ1n) is 12.6. The highest BCUT2D eigenvalue weighted by Crippen LogP contribution is 2.12. The van der Waals surface area contributed by atoms with Crippen LogP contribution in [0.5, 0.6) is 0 Å². The van der Waals surface area contributed by atoms with Crippen molar-refractivity contribution in [2.75, 3.05) is 28.4 Å². The predicted molar refractivity (Wildman–Crippen MR) is 166 cm³/mol. The molecule has 0 radical (unpaired) electrons. The second kappa shape index (κ2) is 49.4. The number of aliphatic hydroxyl groups is 4. The van der Waals surface area contributed by atoms with E-state index in [0.29, 0.717) is 0 Å². The molecule has 0 aliphatic heterocycles. The fraction of sp³-hybridized carbons (Fsp3) is 0.375. The monoisotopic (exact) mass is 504 g/mol. The number of hydrogen-bond acceptors (Lipinski definition) is 4. The molecule has 36 heavy (non-hydrogen) atoms. The van der Waals surface area contributed by atoms with Gasteiger partial charge in [0.25, 0.3) is 0 Å². The molecule has 0 aliphatic rings. The maximum Gasteiger partial charge on any atom is 0.0319 e. The Bertz CT molecular complexity index is 631. The first-order valence-corrected chi connectivity index (χ1v) is 12.6. The fourth-order valence-electron chi connectivity index (χ4n) is 2.27. The molecule has 0 amide bonds. The maximum atomic E-state index is 7.00. The predicted octanol–water partition coefficient (Wildman–Crippen LogP) is 8.22. The van der Waals surface area contributed by atoms with Gasteiger partial charge in [-0.05, 0) is 21.5 Å². The van der Waals surface area contributed by atoms with E-state index in [9.17, 15) is 0 Å². The van der Waals surface area contributed by atoms with Crippen molar-refractivity contribution in [2.45, 2.75) is 55.4 Å². The highest BCUT2D eigenvalue weighted by atomic mass is 16.2. The normalized spacial score (nSPS) is 6.89. The van der Waals surface area contributed by atoms with E-state index >= 15 is 0 Å². The van der Waals surface area contributed by atoms with Crippen LogP contribution in [0.1, 0.15) is 55.4 Å². The van der Waals surface area contributed by atoms with E-state index in [1.54, 1.807) is 0 Å². The molecule has 0 spiro atoms. The molecule has 0 saturated carbocycles. The van der Waals surface area contributed by atoms with Crippen LogP contribution >= 0.6 is 0 Å². The first kappa shape index (κ1) is 46.6. The van der Waals surface area contributed by atoms with Crippen molar-refractivity contribution in [1.82, 2.24) is 0 Å². The third-order valence-electron chi connectivity index (χ3n) is 3.32. The van der Waals surface area contributed by atoms with Crippen molar-refractivity contribution < 1.29 is 20.4 Å². The number of rotatable bonds is 0. The van der Waals surface area contributed by atoms with Crippen LogP contribution in [0.2, 0.25) is 0 Å². The van der Waals surface area contributed by atoms with Gasteiger partial charge in [0.2, 0.25) is 0 Å². The van der Waals surface area contributed by atoms with Gasteiger partial charge in [-0.25, -0.2) is 0 Å². The molecule has 208 valence electrons. The van der Waals surface area contributed by atoms with Crippen LogP contribution in [-0.4, -0.2) is 48.9 Å². The van der Waals surface area contributed by atoms with Crippen LogP contribution < -0.4 is 0 Å². The smallest absolute Gasteiger partial charge is 0.0319 e. The lowest BCUT2D eigenvalue weighted by Gasteiger charge is -1.92. The van der Waals surface area contributed by atoms with Gasteiger partial charge in [-0.15, -0.1) is 0 Å². The summed E-state index contributed by atoms with van der Waals surface area (Å²) in [7, 11) is 4.00. The number of hydrogen-bond donors (Lipinski definition) is 4. The average Bonchev–Trinajstić information content (AvgIpc) is 3.05. The van der Waals surface area contributed by atoms with E-state index in [1.807, 2.05) is 55.4 Å². The zero-order valence-corrected chi connectivity index (χ0v) is 25.0. The Kier molecular flexibility index (Phi) is 63.9. The summed E-state index contributed by atoms with van der Waals surface area (Å²) in [6, 6.07) is 33.4. The topological polar surface area (TPSA) is 80.9 Å². The van der Waals surface area contributed by atoms with Crippen molar-refractivity contribution in [1.29, 1.82) is 0 Å². The lowest BCUT2D eigenvalue weighted by molar-refractivity contribution is 0.399. The van der Waals surface area contributed by atoms with Gasteiger partial charge in [-0.2, -0.15) is 0 Å². The molecule has 4 N–H and O–H groups in total. The minimum atomic E-state index is 1.00. The molecular weight excluding hydrogens is 448 g/mol. The molecule has 0 fully saturated rings. The van der Waals surface area contributed by atoms with E-state index in [2.05, 4.69) is 97.1 Å². The van der Waals surface area contributed by atoms with Crippen LogP contribution in [0.25, 0.3) is 21.5 Å². The van der Waals surface area contributed by atoms with Crippen molar-refractivity contribution in [3.8, 4) is 0 Å². The quantitative estimate of drug-likeness (QED) is 0.194.